The summed E-state index contributed by atoms with van der Waals surface area (Å²) in [7, 11) is 0. The van der Waals surface area contributed by atoms with E-state index in [9.17, 15) is 0 Å². The van der Waals surface area contributed by atoms with E-state index in [1.165, 1.54) is 0 Å². The Morgan fingerprint density at radius 1 is 1.19 bits per heavy atom. The largest absolute Gasteiger partial charge is 0.491 e. The van der Waals surface area contributed by atoms with E-state index in [4.69, 9.17) is 16.2 Å². The average Bonchev–Trinajstić information content (AvgIpc) is 2.97. The van der Waals surface area contributed by atoms with Crippen LogP contribution in [-0.2, 0) is 0 Å². The number of nitrogens with two attached hydrogens (primary N) is 2. The van der Waals surface area contributed by atoms with E-state index in [0.717, 1.165) is 24.2 Å². The molecule has 1 fully saturated rings. The van der Waals surface area contributed by atoms with Crippen molar-refractivity contribution in [3.8, 4) is 5.75 Å². The zero-order valence-corrected chi connectivity index (χ0v) is 9.94. The van der Waals surface area contributed by atoms with Crippen molar-refractivity contribution in [2.24, 2.45) is 11.5 Å². The van der Waals surface area contributed by atoms with Crippen LogP contribution in [-0.4, -0.2) is 11.6 Å². The SMILES string of the molecule is CC(C)Oc1ccc(C(N)C2(N)CC2)cc1. The number of hydrogen-bond acceptors (Lipinski definition) is 3. The summed E-state index contributed by atoms with van der Waals surface area (Å²) in [6.07, 6.45) is 2.25. The summed E-state index contributed by atoms with van der Waals surface area (Å²) in [6.45, 7) is 4.03. The second kappa shape index (κ2) is 4.07. The molecule has 1 aliphatic rings. The number of rotatable bonds is 4. The van der Waals surface area contributed by atoms with Gasteiger partial charge in [-0.15, -0.1) is 0 Å². The Morgan fingerprint density at radius 2 is 1.75 bits per heavy atom. The maximum Gasteiger partial charge on any atom is 0.119 e. The lowest BCUT2D eigenvalue weighted by molar-refractivity contribution is 0.242. The van der Waals surface area contributed by atoms with Crippen molar-refractivity contribution in [3.05, 3.63) is 29.8 Å². The molecule has 0 aromatic heterocycles. The molecule has 0 aliphatic heterocycles. The highest BCUT2D eigenvalue weighted by Crippen LogP contribution is 2.42. The molecule has 1 saturated carbocycles. The second-order valence-corrected chi connectivity index (χ2v) is 4.95. The average molecular weight is 220 g/mol. The third kappa shape index (κ3) is 2.36. The Labute approximate surface area is 96.8 Å². The standard InChI is InChI=1S/C13H20N2O/c1-9(2)16-11-5-3-10(4-6-11)12(14)13(15)7-8-13/h3-6,9,12H,7-8,14-15H2,1-2H3. The Balaban J connectivity index is 2.07. The molecule has 4 N–H and O–H groups in total. The zero-order chi connectivity index (χ0) is 11.8. The molecule has 88 valence electrons. The first-order valence-corrected chi connectivity index (χ1v) is 5.82. The number of hydrogen-bond donors (Lipinski definition) is 2. The van der Waals surface area contributed by atoms with Crippen LogP contribution >= 0.6 is 0 Å². The highest BCUT2D eigenvalue weighted by molar-refractivity contribution is 5.32. The van der Waals surface area contributed by atoms with Crippen molar-refractivity contribution >= 4 is 0 Å². The van der Waals surface area contributed by atoms with Gasteiger partial charge in [0.1, 0.15) is 5.75 Å². The Kier molecular flexibility index (Phi) is 2.91. The molecule has 1 aliphatic carbocycles. The van der Waals surface area contributed by atoms with Gasteiger partial charge in [0.05, 0.1) is 6.10 Å². The second-order valence-electron chi connectivity index (χ2n) is 4.95. The highest BCUT2D eigenvalue weighted by Gasteiger charge is 2.44. The van der Waals surface area contributed by atoms with Gasteiger partial charge in [0.2, 0.25) is 0 Å². The van der Waals surface area contributed by atoms with E-state index in [1.54, 1.807) is 0 Å². The van der Waals surface area contributed by atoms with Crippen molar-refractivity contribution in [2.45, 2.75) is 44.4 Å². The van der Waals surface area contributed by atoms with Crippen molar-refractivity contribution < 1.29 is 4.74 Å². The Morgan fingerprint density at radius 3 is 2.19 bits per heavy atom. The Bertz CT molecular complexity index is 355. The minimum Gasteiger partial charge on any atom is -0.491 e. The molecule has 0 saturated heterocycles. The van der Waals surface area contributed by atoms with E-state index in [0.29, 0.717) is 0 Å². The van der Waals surface area contributed by atoms with Crippen molar-refractivity contribution in [2.75, 3.05) is 0 Å². The van der Waals surface area contributed by atoms with Crippen LogP contribution in [0.2, 0.25) is 0 Å². The number of benzene rings is 1. The van der Waals surface area contributed by atoms with Crippen molar-refractivity contribution in [1.29, 1.82) is 0 Å². The predicted octanol–water partition coefficient (Wildman–Crippen LogP) is 1.96. The molecule has 0 heterocycles. The van der Waals surface area contributed by atoms with Gasteiger partial charge >= 0.3 is 0 Å². The van der Waals surface area contributed by atoms with Crippen molar-refractivity contribution in [1.82, 2.24) is 0 Å². The lowest BCUT2D eigenvalue weighted by atomic mass is 9.99. The summed E-state index contributed by atoms with van der Waals surface area (Å²) in [5.74, 6) is 0.882. The molecule has 1 atom stereocenters. The molecule has 2 rings (SSSR count). The predicted molar refractivity (Wildman–Crippen MR) is 65.3 cm³/mol. The van der Waals surface area contributed by atoms with Crippen LogP contribution in [0.15, 0.2) is 24.3 Å². The summed E-state index contributed by atoms with van der Waals surface area (Å²) in [6, 6.07) is 7.88. The van der Waals surface area contributed by atoms with E-state index in [2.05, 4.69) is 0 Å². The van der Waals surface area contributed by atoms with Gasteiger partial charge < -0.3 is 16.2 Å². The van der Waals surface area contributed by atoms with Gasteiger partial charge in [-0.3, -0.25) is 0 Å². The fraction of sp³-hybridized carbons (Fsp3) is 0.538. The van der Waals surface area contributed by atoms with Crippen LogP contribution in [0, 0.1) is 0 Å². The molecular formula is C13H20N2O. The minimum absolute atomic E-state index is 0.0550. The van der Waals surface area contributed by atoms with Crippen LogP contribution in [0.5, 0.6) is 5.75 Å². The topological polar surface area (TPSA) is 61.3 Å². The molecular weight excluding hydrogens is 200 g/mol. The molecule has 3 heteroatoms. The van der Waals surface area contributed by atoms with E-state index >= 15 is 0 Å². The maximum absolute atomic E-state index is 6.12. The monoisotopic (exact) mass is 220 g/mol. The normalized spacial score (nSPS) is 19.6. The van der Waals surface area contributed by atoms with E-state index < -0.39 is 0 Å². The number of ether oxygens (including phenoxy) is 1. The fourth-order valence-electron chi connectivity index (χ4n) is 1.81. The minimum atomic E-state index is -0.166. The molecule has 0 spiro atoms. The summed E-state index contributed by atoms with van der Waals surface area (Å²) < 4.78 is 5.58. The van der Waals surface area contributed by atoms with Crippen LogP contribution in [0.4, 0.5) is 0 Å². The lowest BCUT2D eigenvalue weighted by Crippen LogP contribution is -2.36. The summed E-state index contributed by atoms with van der Waals surface area (Å²) in [5, 5.41) is 0. The molecule has 0 radical (unpaired) electrons. The summed E-state index contributed by atoms with van der Waals surface area (Å²) in [4.78, 5) is 0. The maximum atomic E-state index is 6.12. The van der Waals surface area contributed by atoms with Crippen LogP contribution in [0.1, 0.15) is 38.3 Å². The smallest absolute Gasteiger partial charge is 0.119 e. The third-order valence-electron chi connectivity index (χ3n) is 3.06. The quantitative estimate of drug-likeness (QED) is 0.815. The van der Waals surface area contributed by atoms with E-state index in [1.807, 2.05) is 38.1 Å². The van der Waals surface area contributed by atoms with Gasteiger partial charge in [0.25, 0.3) is 0 Å². The third-order valence-corrected chi connectivity index (χ3v) is 3.06. The van der Waals surface area contributed by atoms with Gasteiger partial charge in [-0.1, -0.05) is 12.1 Å². The van der Waals surface area contributed by atoms with E-state index in [-0.39, 0.29) is 17.7 Å². The van der Waals surface area contributed by atoms with Gasteiger partial charge in [-0.2, -0.15) is 0 Å². The molecule has 0 amide bonds. The molecule has 1 unspecified atom stereocenters. The van der Waals surface area contributed by atoms with Gasteiger partial charge in [-0.25, -0.2) is 0 Å². The van der Waals surface area contributed by atoms with Crippen LogP contribution in [0.3, 0.4) is 0 Å². The van der Waals surface area contributed by atoms with Gasteiger partial charge in [-0.05, 0) is 44.4 Å². The van der Waals surface area contributed by atoms with Crippen LogP contribution in [0.25, 0.3) is 0 Å². The molecule has 0 bridgehead atoms. The van der Waals surface area contributed by atoms with Gasteiger partial charge in [0.15, 0.2) is 0 Å². The lowest BCUT2D eigenvalue weighted by Gasteiger charge is -2.19. The van der Waals surface area contributed by atoms with Gasteiger partial charge in [0, 0.05) is 11.6 Å². The summed E-state index contributed by atoms with van der Waals surface area (Å²) >= 11 is 0. The molecule has 1 aromatic rings. The molecule has 16 heavy (non-hydrogen) atoms. The van der Waals surface area contributed by atoms with Crippen molar-refractivity contribution in [3.63, 3.8) is 0 Å². The summed E-state index contributed by atoms with van der Waals surface area (Å²) in [5.41, 5.74) is 13.1. The molecule has 3 nitrogen and oxygen atoms in total. The van der Waals surface area contributed by atoms with Crippen LogP contribution < -0.4 is 16.2 Å². The first-order valence-electron chi connectivity index (χ1n) is 5.82. The zero-order valence-electron chi connectivity index (χ0n) is 9.94. The highest BCUT2D eigenvalue weighted by atomic mass is 16.5. The first-order chi connectivity index (χ1) is 7.51. The fourth-order valence-corrected chi connectivity index (χ4v) is 1.81. The Hall–Kier alpha value is -1.06. The molecule has 1 aromatic carbocycles. The first kappa shape index (κ1) is 11.4.